The van der Waals surface area contributed by atoms with Crippen molar-refractivity contribution in [1.82, 2.24) is 15.5 Å². The normalized spacial score (nSPS) is 10.5. The smallest absolute Gasteiger partial charge is 0.317 e. The van der Waals surface area contributed by atoms with Crippen LogP contribution in [0.1, 0.15) is 25.6 Å². The van der Waals surface area contributed by atoms with Crippen molar-refractivity contribution in [3.8, 4) is 0 Å². The molecule has 1 rings (SSSR count). The van der Waals surface area contributed by atoms with Gasteiger partial charge in [-0.25, -0.2) is 4.79 Å². The minimum absolute atomic E-state index is 0.00942. The molecule has 0 aromatic carbocycles. The largest absolute Gasteiger partial charge is 0.354 e. The summed E-state index contributed by atoms with van der Waals surface area (Å²) in [7, 11) is 0. The first-order valence-electron chi connectivity index (χ1n) is 6.98. The molecule has 118 valence electrons. The second kappa shape index (κ2) is 8.89. The van der Waals surface area contributed by atoms with Crippen LogP contribution in [0.5, 0.6) is 0 Å². The molecule has 1 aromatic heterocycles. The van der Waals surface area contributed by atoms with Crippen LogP contribution in [0.15, 0.2) is 12.1 Å². The zero-order chi connectivity index (χ0) is 15.8. The van der Waals surface area contributed by atoms with Gasteiger partial charge in [-0.15, -0.1) is 11.3 Å². The van der Waals surface area contributed by atoms with Crippen LogP contribution >= 0.6 is 22.9 Å². The molecule has 1 aromatic rings. The van der Waals surface area contributed by atoms with E-state index in [2.05, 4.69) is 10.6 Å². The molecule has 0 aliphatic rings. The molecule has 7 heteroatoms. The monoisotopic (exact) mass is 331 g/mol. The van der Waals surface area contributed by atoms with Gasteiger partial charge in [0.15, 0.2) is 0 Å². The Balaban J connectivity index is 2.33. The molecule has 2 N–H and O–H groups in total. The Morgan fingerprint density at radius 3 is 2.48 bits per heavy atom. The summed E-state index contributed by atoms with van der Waals surface area (Å²) >= 11 is 7.35. The van der Waals surface area contributed by atoms with Crippen LogP contribution in [-0.4, -0.2) is 36.5 Å². The van der Waals surface area contributed by atoms with Crippen molar-refractivity contribution < 1.29 is 9.59 Å². The Labute approximate surface area is 134 Å². The van der Waals surface area contributed by atoms with Gasteiger partial charge in [-0.2, -0.15) is 0 Å². The van der Waals surface area contributed by atoms with E-state index in [4.69, 9.17) is 11.6 Å². The Morgan fingerprint density at radius 1 is 1.29 bits per heavy atom. The number of thiophene rings is 1. The molecule has 0 unspecified atom stereocenters. The number of amides is 3. The number of carbonyl (C=O) groups is 2. The zero-order valence-electron chi connectivity index (χ0n) is 12.6. The second-order valence-corrected chi connectivity index (χ2v) is 6.70. The van der Waals surface area contributed by atoms with E-state index in [0.717, 1.165) is 9.21 Å². The van der Waals surface area contributed by atoms with Crippen molar-refractivity contribution >= 4 is 34.9 Å². The highest BCUT2D eigenvalue weighted by molar-refractivity contribution is 7.16. The van der Waals surface area contributed by atoms with Crippen LogP contribution in [0.25, 0.3) is 0 Å². The van der Waals surface area contributed by atoms with E-state index in [9.17, 15) is 9.59 Å². The zero-order valence-corrected chi connectivity index (χ0v) is 14.2. The van der Waals surface area contributed by atoms with Gasteiger partial charge in [-0.3, -0.25) is 4.79 Å². The minimum atomic E-state index is -0.138. The fourth-order valence-electron chi connectivity index (χ4n) is 1.62. The lowest BCUT2D eigenvalue weighted by molar-refractivity contribution is -0.123. The van der Waals surface area contributed by atoms with Gasteiger partial charge in [-0.05, 0) is 19.1 Å². The first-order valence-corrected chi connectivity index (χ1v) is 8.18. The lowest BCUT2D eigenvalue weighted by Crippen LogP contribution is -2.43. The van der Waals surface area contributed by atoms with Crippen molar-refractivity contribution in [2.24, 2.45) is 5.92 Å². The summed E-state index contributed by atoms with van der Waals surface area (Å²) in [5.74, 6) is -0.0544. The number of hydrogen-bond acceptors (Lipinski definition) is 3. The van der Waals surface area contributed by atoms with Gasteiger partial charge in [0.05, 0.1) is 10.9 Å². The molecular formula is C14H22ClN3O2S. The second-order valence-electron chi connectivity index (χ2n) is 4.90. The molecule has 0 saturated carbocycles. The number of nitrogens with one attached hydrogen (secondary N) is 2. The molecule has 0 bridgehead atoms. The Morgan fingerprint density at radius 2 is 1.95 bits per heavy atom. The maximum Gasteiger partial charge on any atom is 0.317 e. The van der Waals surface area contributed by atoms with E-state index in [-0.39, 0.29) is 17.9 Å². The third kappa shape index (κ3) is 6.35. The summed E-state index contributed by atoms with van der Waals surface area (Å²) in [6.45, 7) is 7.59. The summed E-state index contributed by atoms with van der Waals surface area (Å²) in [6.07, 6.45) is 0. The van der Waals surface area contributed by atoms with Crippen molar-refractivity contribution in [2.75, 3.05) is 19.6 Å². The van der Waals surface area contributed by atoms with Crippen LogP contribution in [0, 0.1) is 5.92 Å². The van der Waals surface area contributed by atoms with Crippen LogP contribution in [-0.2, 0) is 11.3 Å². The van der Waals surface area contributed by atoms with E-state index in [1.165, 1.54) is 11.3 Å². The van der Waals surface area contributed by atoms with Gasteiger partial charge >= 0.3 is 6.03 Å². The van der Waals surface area contributed by atoms with E-state index in [1.54, 1.807) is 4.90 Å². The Hall–Kier alpha value is -1.27. The van der Waals surface area contributed by atoms with Gasteiger partial charge < -0.3 is 15.5 Å². The van der Waals surface area contributed by atoms with Crippen LogP contribution < -0.4 is 10.6 Å². The van der Waals surface area contributed by atoms with Gasteiger partial charge in [0, 0.05) is 30.4 Å². The molecule has 0 spiro atoms. The van der Waals surface area contributed by atoms with Crippen molar-refractivity contribution in [1.29, 1.82) is 0 Å². The summed E-state index contributed by atoms with van der Waals surface area (Å²) in [5, 5.41) is 5.56. The first-order chi connectivity index (χ1) is 9.93. The Bertz CT molecular complexity index is 477. The van der Waals surface area contributed by atoms with Crippen molar-refractivity contribution in [3.63, 3.8) is 0 Å². The summed E-state index contributed by atoms with van der Waals surface area (Å²) in [5.41, 5.74) is 0. The molecule has 0 fully saturated rings. The fourth-order valence-corrected chi connectivity index (χ4v) is 2.73. The average molecular weight is 332 g/mol. The molecule has 0 saturated heterocycles. The highest BCUT2D eigenvalue weighted by atomic mass is 35.5. The molecule has 0 radical (unpaired) electrons. The van der Waals surface area contributed by atoms with E-state index in [0.29, 0.717) is 26.2 Å². The molecule has 1 heterocycles. The molecule has 5 nitrogen and oxygen atoms in total. The van der Waals surface area contributed by atoms with Crippen LogP contribution in [0.4, 0.5) is 4.79 Å². The van der Waals surface area contributed by atoms with Gasteiger partial charge in [0.1, 0.15) is 0 Å². The third-order valence-corrected chi connectivity index (χ3v) is 4.09. The lowest BCUT2D eigenvalue weighted by Gasteiger charge is -2.20. The summed E-state index contributed by atoms with van der Waals surface area (Å²) < 4.78 is 0.720. The molecule has 3 amide bonds. The number of rotatable bonds is 7. The fraction of sp³-hybridized carbons (Fsp3) is 0.571. The molecular weight excluding hydrogens is 310 g/mol. The maximum atomic E-state index is 12.0. The number of halogens is 1. The van der Waals surface area contributed by atoms with Crippen molar-refractivity contribution in [3.05, 3.63) is 21.3 Å². The highest BCUT2D eigenvalue weighted by Gasteiger charge is 2.13. The van der Waals surface area contributed by atoms with Crippen molar-refractivity contribution in [2.45, 2.75) is 27.3 Å². The average Bonchev–Trinajstić information content (AvgIpc) is 2.85. The molecule has 21 heavy (non-hydrogen) atoms. The van der Waals surface area contributed by atoms with Crippen LogP contribution in [0.2, 0.25) is 4.34 Å². The maximum absolute atomic E-state index is 12.0. The van der Waals surface area contributed by atoms with Gasteiger partial charge in [-0.1, -0.05) is 25.4 Å². The Kier molecular flexibility index (Phi) is 7.53. The summed E-state index contributed by atoms with van der Waals surface area (Å²) in [4.78, 5) is 26.2. The SMILES string of the molecule is CCN(Cc1ccc(Cl)s1)C(=O)NCCNC(=O)C(C)C. The summed E-state index contributed by atoms with van der Waals surface area (Å²) in [6, 6.07) is 3.61. The molecule has 0 aliphatic heterocycles. The molecule has 0 atom stereocenters. The van der Waals surface area contributed by atoms with Gasteiger partial charge in [0.2, 0.25) is 5.91 Å². The predicted octanol–water partition coefficient (Wildman–Crippen LogP) is 2.71. The van der Waals surface area contributed by atoms with Gasteiger partial charge in [0.25, 0.3) is 0 Å². The van der Waals surface area contributed by atoms with Crippen LogP contribution in [0.3, 0.4) is 0 Å². The van der Waals surface area contributed by atoms with E-state index >= 15 is 0 Å². The van der Waals surface area contributed by atoms with E-state index < -0.39 is 0 Å². The predicted molar refractivity (Wildman–Crippen MR) is 86.7 cm³/mol. The third-order valence-electron chi connectivity index (χ3n) is 2.87. The highest BCUT2D eigenvalue weighted by Crippen LogP contribution is 2.22. The number of nitrogens with zero attached hydrogens (tertiary/aromatic N) is 1. The van der Waals surface area contributed by atoms with E-state index in [1.807, 2.05) is 32.9 Å². The minimum Gasteiger partial charge on any atom is -0.354 e. The number of carbonyl (C=O) groups excluding carboxylic acids is 2. The standard InChI is InChI=1S/C14H22ClN3O2S/c1-4-18(9-11-5-6-12(15)21-11)14(20)17-8-7-16-13(19)10(2)3/h5-6,10H,4,7-9H2,1-3H3,(H,16,19)(H,17,20). The first kappa shape index (κ1) is 17.8. The number of urea groups is 1. The number of hydrogen-bond donors (Lipinski definition) is 2. The quantitative estimate of drug-likeness (QED) is 0.755. The topological polar surface area (TPSA) is 61.4 Å². The lowest BCUT2D eigenvalue weighted by atomic mass is 10.2. The molecule has 0 aliphatic carbocycles.